The number of carboxylic acids is 1. The number of aliphatic carboxylic acids is 1. The highest BCUT2D eigenvalue weighted by atomic mass is 16.4. The van der Waals surface area contributed by atoms with Crippen LogP contribution in [0, 0.1) is 19.8 Å². The second-order valence-corrected chi connectivity index (χ2v) is 5.65. The van der Waals surface area contributed by atoms with E-state index in [-0.39, 0.29) is 12.3 Å². The maximum Gasteiger partial charge on any atom is 0.303 e. The first-order valence-electron chi connectivity index (χ1n) is 7.07. The molecule has 0 aromatic heterocycles. The van der Waals surface area contributed by atoms with Crippen LogP contribution in [-0.4, -0.2) is 24.2 Å². The third kappa shape index (κ3) is 3.57. The Morgan fingerprint density at radius 3 is 2.63 bits per heavy atom. The van der Waals surface area contributed by atoms with E-state index < -0.39 is 5.97 Å². The van der Waals surface area contributed by atoms with Crippen molar-refractivity contribution in [2.24, 2.45) is 5.92 Å². The van der Waals surface area contributed by atoms with Gasteiger partial charge in [0.05, 0.1) is 6.42 Å². The van der Waals surface area contributed by atoms with Gasteiger partial charge in [-0.2, -0.15) is 0 Å². The molecule has 19 heavy (non-hydrogen) atoms. The molecule has 0 bridgehead atoms. The number of hydrogen-bond acceptors (Lipinski definition) is 2. The lowest BCUT2D eigenvalue weighted by Gasteiger charge is -2.31. The van der Waals surface area contributed by atoms with E-state index in [1.807, 2.05) is 0 Å². The molecule has 0 radical (unpaired) electrons. The maximum atomic E-state index is 11.2. The Morgan fingerprint density at radius 1 is 1.37 bits per heavy atom. The van der Waals surface area contributed by atoms with Crippen molar-refractivity contribution >= 4 is 5.97 Å². The quantitative estimate of drug-likeness (QED) is 0.876. The van der Waals surface area contributed by atoms with Gasteiger partial charge in [-0.3, -0.25) is 4.79 Å². The van der Waals surface area contributed by atoms with Gasteiger partial charge in [0, 0.05) is 0 Å². The van der Waals surface area contributed by atoms with Gasteiger partial charge >= 0.3 is 5.97 Å². The molecule has 0 aliphatic carbocycles. The summed E-state index contributed by atoms with van der Waals surface area (Å²) in [6, 6.07) is 6.38. The molecule has 1 atom stereocenters. The first-order valence-corrected chi connectivity index (χ1v) is 7.07. The first kappa shape index (κ1) is 14.1. The number of piperidine rings is 1. The number of rotatable bonds is 4. The van der Waals surface area contributed by atoms with Crippen LogP contribution in [0.4, 0.5) is 0 Å². The Balaban J connectivity index is 2.27. The second kappa shape index (κ2) is 6.20. The van der Waals surface area contributed by atoms with Gasteiger partial charge in [0.1, 0.15) is 0 Å². The van der Waals surface area contributed by atoms with Crippen LogP contribution in [0.2, 0.25) is 0 Å². The van der Waals surface area contributed by atoms with Crippen LogP contribution >= 0.6 is 0 Å². The van der Waals surface area contributed by atoms with E-state index in [0.29, 0.717) is 5.92 Å². The van der Waals surface area contributed by atoms with E-state index in [4.69, 9.17) is 0 Å². The van der Waals surface area contributed by atoms with Gasteiger partial charge in [0.2, 0.25) is 0 Å². The van der Waals surface area contributed by atoms with Crippen molar-refractivity contribution in [1.82, 2.24) is 5.32 Å². The Hall–Kier alpha value is -1.35. The van der Waals surface area contributed by atoms with Crippen molar-refractivity contribution in [3.63, 3.8) is 0 Å². The number of hydrogen-bond donors (Lipinski definition) is 2. The summed E-state index contributed by atoms with van der Waals surface area (Å²) in [6.45, 7) is 6.18. The fraction of sp³-hybridized carbons (Fsp3) is 0.562. The Labute approximate surface area is 115 Å². The largest absolute Gasteiger partial charge is 0.481 e. The average Bonchev–Trinajstić information content (AvgIpc) is 2.37. The van der Waals surface area contributed by atoms with Crippen LogP contribution in [0.1, 0.15) is 41.9 Å². The minimum atomic E-state index is -0.691. The molecule has 1 aromatic rings. The first-order chi connectivity index (χ1) is 9.08. The molecule has 0 spiro atoms. The number of carbonyl (C=O) groups is 1. The van der Waals surface area contributed by atoms with Crippen molar-refractivity contribution in [2.75, 3.05) is 13.1 Å². The standard InChI is InChI=1S/C16H23NO2/c1-11-3-4-14(12(2)9-11)15(10-16(18)19)13-5-7-17-8-6-13/h3-4,9,13,15,17H,5-8,10H2,1-2H3,(H,18,19). The number of benzene rings is 1. The Morgan fingerprint density at radius 2 is 2.05 bits per heavy atom. The van der Waals surface area contributed by atoms with Crippen molar-refractivity contribution in [3.05, 3.63) is 34.9 Å². The van der Waals surface area contributed by atoms with Gasteiger partial charge in [-0.15, -0.1) is 0 Å². The van der Waals surface area contributed by atoms with Crippen molar-refractivity contribution < 1.29 is 9.90 Å². The third-order valence-corrected chi connectivity index (χ3v) is 4.17. The summed E-state index contributed by atoms with van der Waals surface area (Å²) in [5, 5.41) is 12.6. The smallest absolute Gasteiger partial charge is 0.303 e. The van der Waals surface area contributed by atoms with Crippen LogP contribution in [0.15, 0.2) is 18.2 Å². The molecular weight excluding hydrogens is 238 g/mol. The highest BCUT2D eigenvalue weighted by molar-refractivity contribution is 5.68. The molecular formula is C16H23NO2. The van der Waals surface area contributed by atoms with E-state index in [2.05, 4.69) is 37.4 Å². The predicted molar refractivity (Wildman–Crippen MR) is 76.5 cm³/mol. The molecule has 0 amide bonds. The molecule has 1 aliphatic heterocycles. The van der Waals surface area contributed by atoms with E-state index in [0.717, 1.165) is 25.9 Å². The van der Waals surface area contributed by atoms with E-state index in [9.17, 15) is 9.90 Å². The number of carboxylic acid groups (broad SMARTS) is 1. The van der Waals surface area contributed by atoms with Gasteiger partial charge in [0.15, 0.2) is 0 Å². The summed E-state index contributed by atoms with van der Waals surface area (Å²) < 4.78 is 0. The summed E-state index contributed by atoms with van der Waals surface area (Å²) in [5.74, 6) is -0.0533. The van der Waals surface area contributed by atoms with Gasteiger partial charge < -0.3 is 10.4 Å². The van der Waals surface area contributed by atoms with Gasteiger partial charge in [-0.25, -0.2) is 0 Å². The van der Waals surface area contributed by atoms with E-state index in [1.165, 1.54) is 16.7 Å². The molecule has 1 fully saturated rings. The molecule has 3 nitrogen and oxygen atoms in total. The zero-order valence-electron chi connectivity index (χ0n) is 11.8. The van der Waals surface area contributed by atoms with Crippen LogP contribution in [0.5, 0.6) is 0 Å². The highest BCUT2D eigenvalue weighted by Crippen LogP contribution is 2.35. The number of nitrogens with one attached hydrogen (secondary N) is 1. The lowest BCUT2D eigenvalue weighted by Crippen LogP contribution is -2.31. The van der Waals surface area contributed by atoms with Crippen molar-refractivity contribution in [1.29, 1.82) is 0 Å². The Kier molecular flexibility index (Phi) is 4.59. The zero-order chi connectivity index (χ0) is 13.8. The molecule has 1 saturated heterocycles. The van der Waals surface area contributed by atoms with Crippen LogP contribution < -0.4 is 5.32 Å². The van der Waals surface area contributed by atoms with Crippen molar-refractivity contribution in [2.45, 2.75) is 39.0 Å². The summed E-state index contributed by atoms with van der Waals surface area (Å²) in [6.07, 6.45) is 2.39. The summed E-state index contributed by atoms with van der Waals surface area (Å²) >= 11 is 0. The molecule has 104 valence electrons. The fourth-order valence-electron chi connectivity index (χ4n) is 3.21. The van der Waals surface area contributed by atoms with E-state index >= 15 is 0 Å². The predicted octanol–water partition coefficient (Wildman–Crippen LogP) is 2.86. The zero-order valence-corrected chi connectivity index (χ0v) is 11.8. The lowest BCUT2D eigenvalue weighted by molar-refractivity contribution is -0.137. The van der Waals surface area contributed by atoms with Gasteiger partial charge in [0.25, 0.3) is 0 Å². The molecule has 2 rings (SSSR count). The molecule has 1 unspecified atom stereocenters. The fourth-order valence-corrected chi connectivity index (χ4v) is 3.21. The normalized spacial score (nSPS) is 18.2. The minimum absolute atomic E-state index is 0.153. The highest BCUT2D eigenvalue weighted by Gasteiger charge is 2.27. The average molecular weight is 261 g/mol. The monoisotopic (exact) mass is 261 g/mol. The van der Waals surface area contributed by atoms with Gasteiger partial charge in [-0.05, 0) is 62.7 Å². The molecule has 1 heterocycles. The van der Waals surface area contributed by atoms with Gasteiger partial charge in [-0.1, -0.05) is 23.8 Å². The number of aryl methyl sites for hydroxylation is 2. The van der Waals surface area contributed by atoms with E-state index in [1.54, 1.807) is 0 Å². The minimum Gasteiger partial charge on any atom is -0.481 e. The molecule has 0 saturated carbocycles. The SMILES string of the molecule is Cc1ccc(C(CC(=O)O)C2CCNCC2)c(C)c1. The Bertz CT molecular complexity index is 450. The van der Waals surface area contributed by atoms with Crippen LogP contribution in [0.25, 0.3) is 0 Å². The molecule has 1 aromatic carbocycles. The molecule has 3 heteroatoms. The summed E-state index contributed by atoms with van der Waals surface area (Å²) in [7, 11) is 0. The van der Waals surface area contributed by atoms with Crippen LogP contribution in [-0.2, 0) is 4.79 Å². The molecule has 1 aliphatic rings. The molecule has 2 N–H and O–H groups in total. The topological polar surface area (TPSA) is 49.3 Å². The maximum absolute atomic E-state index is 11.2. The van der Waals surface area contributed by atoms with Crippen molar-refractivity contribution in [3.8, 4) is 0 Å². The third-order valence-electron chi connectivity index (χ3n) is 4.17. The summed E-state index contributed by atoms with van der Waals surface area (Å²) in [5.41, 5.74) is 3.69. The lowest BCUT2D eigenvalue weighted by atomic mass is 9.77. The summed E-state index contributed by atoms with van der Waals surface area (Å²) in [4.78, 5) is 11.2. The second-order valence-electron chi connectivity index (χ2n) is 5.65. The van der Waals surface area contributed by atoms with Crippen LogP contribution in [0.3, 0.4) is 0 Å².